The van der Waals surface area contributed by atoms with E-state index >= 15 is 0 Å². The molecule has 214 valence electrons. The lowest BCUT2D eigenvalue weighted by Crippen LogP contribution is -2.52. The number of nitrogens with one attached hydrogen (secondary N) is 1. The number of carbonyl (C=O) groups excluding carboxylic acids is 1. The van der Waals surface area contributed by atoms with Crippen molar-refractivity contribution in [3.8, 4) is 22.6 Å². The number of fused-ring (bicyclic) bond motifs is 1. The number of halogens is 2. The van der Waals surface area contributed by atoms with Crippen LogP contribution in [0.4, 0.5) is 13.6 Å². The highest BCUT2D eigenvalue weighted by molar-refractivity contribution is 6.00. The van der Waals surface area contributed by atoms with Crippen LogP contribution >= 0.6 is 0 Å². The number of amides is 2. The number of H-pyrrole nitrogens is 1. The molecule has 1 fully saturated rings. The second-order valence-corrected chi connectivity index (χ2v) is 11.1. The SMILES string of the molecule is Cn1cc(-c2cc(C(=O)N3CCC(N(C(=O)O)C(C)(C)C)C3)ccc2Oc2ccc(F)cc2F)c2cc[nH]c2c1=O. The van der Waals surface area contributed by atoms with E-state index in [2.05, 4.69) is 4.98 Å². The van der Waals surface area contributed by atoms with E-state index in [0.29, 0.717) is 46.6 Å². The summed E-state index contributed by atoms with van der Waals surface area (Å²) in [7, 11) is 1.59. The average molecular weight is 565 g/mol. The lowest BCUT2D eigenvalue weighted by Gasteiger charge is -2.37. The van der Waals surface area contributed by atoms with Gasteiger partial charge in [0.1, 0.15) is 17.1 Å². The first-order chi connectivity index (χ1) is 19.3. The summed E-state index contributed by atoms with van der Waals surface area (Å²) >= 11 is 0. The first-order valence-electron chi connectivity index (χ1n) is 13.1. The number of carboxylic acid groups (broad SMARTS) is 1. The molecule has 11 heteroatoms. The number of pyridine rings is 1. The van der Waals surface area contributed by atoms with Gasteiger partial charge in [0.05, 0.1) is 6.04 Å². The summed E-state index contributed by atoms with van der Waals surface area (Å²) in [6.45, 7) is 6.05. The lowest BCUT2D eigenvalue weighted by atomic mass is 9.99. The normalized spacial score (nSPS) is 15.4. The quantitative estimate of drug-likeness (QED) is 0.328. The topological polar surface area (TPSA) is 108 Å². The fourth-order valence-electron chi connectivity index (χ4n) is 5.43. The van der Waals surface area contributed by atoms with Gasteiger partial charge in [0.25, 0.3) is 11.5 Å². The Hall–Kier alpha value is -4.67. The Labute approximate surface area is 234 Å². The summed E-state index contributed by atoms with van der Waals surface area (Å²) in [6, 6.07) is 9.01. The smallest absolute Gasteiger partial charge is 0.408 e. The summed E-state index contributed by atoms with van der Waals surface area (Å²) in [5.41, 5.74) is 0.736. The molecule has 0 spiro atoms. The molecule has 1 aliphatic heterocycles. The second kappa shape index (κ2) is 10.4. The van der Waals surface area contributed by atoms with Crippen molar-refractivity contribution >= 4 is 22.9 Å². The van der Waals surface area contributed by atoms with Crippen molar-refractivity contribution in [2.24, 2.45) is 7.05 Å². The van der Waals surface area contributed by atoms with Crippen molar-refractivity contribution in [1.82, 2.24) is 19.4 Å². The number of aromatic nitrogens is 2. The Morgan fingerprint density at radius 2 is 1.80 bits per heavy atom. The molecule has 0 radical (unpaired) electrons. The van der Waals surface area contributed by atoms with Crippen molar-refractivity contribution in [3.63, 3.8) is 0 Å². The van der Waals surface area contributed by atoms with Gasteiger partial charge in [-0.15, -0.1) is 0 Å². The van der Waals surface area contributed by atoms with E-state index in [-0.39, 0.29) is 35.6 Å². The summed E-state index contributed by atoms with van der Waals surface area (Å²) < 4.78 is 35.3. The highest BCUT2D eigenvalue weighted by Crippen LogP contribution is 2.38. The van der Waals surface area contributed by atoms with Gasteiger partial charge in [-0.1, -0.05) is 0 Å². The highest BCUT2D eigenvalue weighted by Gasteiger charge is 2.38. The van der Waals surface area contributed by atoms with E-state index in [0.717, 1.165) is 6.07 Å². The molecule has 2 aromatic carbocycles. The fraction of sp³-hybridized carbons (Fsp3) is 0.300. The van der Waals surface area contributed by atoms with Crippen LogP contribution in [0, 0.1) is 11.6 Å². The molecule has 9 nitrogen and oxygen atoms in total. The Morgan fingerprint density at radius 1 is 1.07 bits per heavy atom. The van der Waals surface area contributed by atoms with Crippen molar-refractivity contribution in [3.05, 3.63) is 82.4 Å². The zero-order chi connectivity index (χ0) is 29.6. The number of benzene rings is 2. The second-order valence-electron chi connectivity index (χ2n) is 11.1. The van der Waals surface area contributed by atoms with E-state index < -0.39 is 23.3 Å². The lowest BCUT2D eigenvalue weighted by molar-refractivity contribution is 0.0649. The van der Waals surface area contributed by atoms with Crippen molar-refractivity contribution in [2.75, 3.05) is 13.1 Å². The first kappa shape index (κ1) is 27.9. The maximum Gasteiger partial charge on any atom is 0.408 e. The van der Waals surface area contributed by atoms with Gasteiger partial charge in [-0.25, -0.2) is 13.6 Å². The van der Waals surface area contributed by atoms with Gasteiger partial charge in [-0.3, -0.25) is 14.5 Å². The third-order valence-corrected chi connectivity index (χ3v) is 7.27. The monoisotopic (exact) mass is 564 g/mol. The van der Waals surface area contributed by atoms with Gasteiger partial charge in [0.2, 0.25) is 0 Å². The number of carbonyl (C=O) groups is 2. The number of nitrogens with zero attached hydrogens (tertiary/aromatic N) is 3. The molecule has 1 saturated heterocycles. The summed E-state index contributed by atoms with van der Waals surface area (Å²) in [4.78, 5) is 44.3. The molecule has 3 heterocycles. The number of hydrogen-bond donors (Lipinski definition) is 2. The van der Waals surface area contributed by atoms with Gasteiger partial charge in [0, 0.05) is 66.2 Å². The molecule has 2 N–H and O–H groups in total. The number of aryl methyl sites for hydroxylation is 1. The number of ether oxygens (including phenoxy) is 1. The Morgan fingerprint density at radius 3 is 2.49 bits per heavy atom. The minimum Gasteiger partial charge on any atom is -0.465 e. The molecule has 1 atom stereocenters. The van der Waals surface area contributed by atoms with Crippen LogP contribution in [0.15, 0.2) is 59.7 Å². The zero-order valence-electron chi connectivity index (χ0n) is 23.1. The molecular weight excluding hydrogens is 534 g/mol. The summed E-state index contributed by atoms with van der Waals surface area (Å²) in [6.07, 6.45) is 2.69. The fourth-order valence-corrected chi connectivity index (χ4v) is 5.43. The van der Waals surface area contributed by atoms with Crippen LogP contribution in [0.2, 0.25) is 0 Å². The van der Waals surface area contributed by atoms with E-state index in [4.69, 9.17) is 4.74 Å². The van der Waals surface area contributed by atoms with E-state index in [1.165, 1.54) is 21.6 Å². The standard InChI is InChI=1S/C30H30F2N4O5/c1-30(2,3)36(29(39)40)19-10-12-35(15-19)27(37)17-5-7-24(41-25-8-6-18(31)14-23(25)32)21(13-17)22-16-34(4)28(38)26-20(22)9-11-33-26/h5-9,11,13-14,16,19,33H,10,12,15H2,1-4H3,(H,39,40). The van der Waals surface area contributed by atoms with Crippen molar-refractivity contribution < 1.29 is 28.2 Å². The highest BCUT2D eigenvalue weighted by atomic mass is 19.1. The number of hydrogen-bond acceptors (Lipinski definition) is 4. The van der Waals surface area contributed by atoms with Crippen LogP contribution < -0.4 is 10.3 Å². The largest absolute Gasteiger partial charge is 0.465 e. The molecular formula is C30H30F2N4O5. The van der Waals surface area contributed by atoms with E-state index in [9.17, 15) is 28.3 Å². The van der Waals surface area contributed by atoms with Crippen LogP contribution in [-0.4, -0.2) is 61.1 Å². The molecule has 0 bridgehead atoms. The van der Waals surface area contributed by atoms with E-state index in [1.807, 2.05) is 20.8 Å². The predicted molar refractivity (Wildman–Crippen MR) is 149 cm³/mol. The molecule has 1 unspecified atom stereocenters. The zero-order valence-corrected chi connectivity index (χ0v) is 23.1. The maximum absolute atomic E-state index is 14.5. The molecule has 0 saturated carbocycles. The third kappa shape index (κ3) is 5.27. The maximum atomic E-state index is 14.5. The van der Waals surface area contributed by atoms with Gasteiger partial charge in [-0.2, -0.15) is 0 Å². The minimum absolute atomic E-state index is 0.192. The Balaban J connectivity index is 1.56. The van der Waals surface area contributed by atoms with Crippen molar-refractivity contribution in [2.45, 2.75) is 38.8 Å². The van der Waals surface area contributed by atoms with Crippen LogP contribution in [0.3, 0.4) is 0 Å². The van der Waals surface area contributed by atoms with Gasteiger partial charge >= 0.3 is 6.09 Å². The van der Waals surface area contributed by atoms with Crippen molar-refractivity contribution in [1.29, 1.82) is 0 Å². The molecule has 4 aromatic rings. The van der Waals surface area contributed by atoms with Crippen LogP contribution in [0.1, 0.15) is 37.6 Å². The Kier molecular flexibility index (Phi) is 7.06. The van der Waals surface area contributed by atoms with Crippen LogP contribution in [0.5, 0.6) is 11.5 Å². The first-order valence-corrected chi connectivity index (χ1v) is 13.1. The van der Waals surface area contributed by atoms with Gasteiger partial charge in [0.15, 0.2) is 11.6 Å². The van der Waals surface area contributed by atoms with Gasteiger partial charge in [-0.05, 0) is 63.6 Å². The third-order valence-electron chi connectivity index (χ3n) is 7.27. The summed E-state index contributed by atoms with van der Waals surface area (Å²) in [5.74, 6) is -1.96. The molecule has 1 aliphatic rings. The average Bonchev–Trinajstić information content (AvgIpc) is 3.57. The predicted octanol–water partition coefficient (Wildman–Crippen LogP) is 5.60. The molecule has 5 rings (SSSR count). The minimum atomic E-state index is -1.04. The summed E-state index contributed by atoms with van der Waals surface area (Å²) in [5, 5.41) is 10.4. The van der Waals surface area contributed by atoms with Gasteiger partial charge < -0.3 is 24.3 Å². The Bertz CT molecular complexity index is 1720. The molecule has 41 heavy (non-hydrogen) atoms. The molecule has 2 amide bonds. The molecule has 0 aliphatic carbocycles. The number of rotatable bonds is 5. The van der Waals surface area contributed by atoms with Crippen LogP contribution in [0.25, 0.3) is 22.0 Å². The molecule has 2 aromatic heterocycles. The number of aromatic amines is 1. The van der Waals surface area contributed by atoms with Crippen LogP contribution in [-0.2, 0) is 7.05 Å². The number of likely N-dealkylation sites (tertiary alicyclic amines) is 1. The van der Waals surface area contributed by atoms with E-state index in [1.54, 1.807) is 42.5 Å².